The minimum atomic E-state index is -0.332. The summed E-state index contributed by atoms with van der Waals surface area (Å²) in [6.45, 7) is 0.616. The van der Waals surface area contributed by atoms with Crippen LogP contribution in [0.2, 0.25) is 5.02 Å². The van der Waals surface area contributed by atoms with Crippen LogP contribution in [0.15, 0.2) is 16.6 Å². The first-order valence-corrected chi connectivity index (χ1v) is 5.15. The largest absolute Gasteiger partial charge is 0.330 e. The van der Waals surface area contributed by atoms with Gasteiger partial charge in [-0.25, -0.2) is 4.39 Å². The van der Waals surface area contributed by atoms with E-state index in [1.807, 2.05) is 0 Å². The summed E-state index contributed by atoms with van der Waals surface area (Å²) >= 11 is 8.94. The molecule has 4 heteroatoms. The zero-order valence-corrected chi connectivity index (χ0v) is 9.33. The Labute approximate surface area is 90.2 Å². The van der Waals surface area contributed by atoms with E-state index in [0.29, 0.717) is 16.0 Å². The van der Waals surface area contributed by atoms with Gasteiger partial charge in [0.1, 0.15) is 5.82 Å². The molecule has 0 aliphatic heterocycles. The molecule has 0 spiro atoms. The van der Waals surface area contributed by atoms with Gasteiger partial charge < -0.3 is 5.73 Å². The topological polar surface area (TPSA) is 26.0 Å². The quantitative estimate of drug-likeness (QED) is 0.836. The number of hydrogen-bond donors (Lipinski definition) is 1. The molecule has 0 saturated heterocycles. The minimum absolute atomic E-state index is 0.332. The monoisotopic (exact) mass is 265 g/mol. The van der Waals surface area contributed by atoms with Crippen LogP contribution in [0.4, 0.5) is 4.39 Å². The molecule has 1 nitrogen and oxygen atoms in total. The minimum Gasteiger partial charge on any atom is -0.330 e. The Balaban J connectivity index is 2.88. The summed E-state index contributed by atoms with van der Waals surface area (Å²) in [5.74, 6) is -0.332. The molecule has 0 bridgehead atoms. The molecule has 0 amide bonds. The van der Waals surface area contributed by atoms with E-state index < -0.39 is 0 Å². The third-order valence-corrected chi connectivity index (χ3v) is 2.70. The Morgan fingerprint density at radius 2 is 2.15 bits per heavy atom. The van der Waals surface area contributed by atoms with Crippen LogP contribution >= 0.6 is 27.5 Å². The van der Waals surface area contributed by atoms with Gasteiger partial charge in [0, 0.05) is 5.02 Å². The summed E-state index contributed by atoms with van der Waals surface area (Å²) in [5, 5.41) is 0.467. The van der Waals surface area contributed by atoms with Crippen molar-refractivity contribution in [2.45, 2.75) is 12.8 Å². The van der Waals surface area contributed by atoms with Gasteiger partial charge in [0.05, 0.1) is 4.47 Å². The second-order valence-electron chi connectivity index (χ2n) is 2.75. The van der Waals surface area contributed by atoms with Gasteiger partial charge in [0.2, 0.25) is 0 Å². The normalized spacial score (nSPS) is 10.5. The van der Waals surface area contributed by atoms with Crippen molar-refractivity contribution in [3.8, 4) is 0 Å². The molecule has 72 valence electrons. The molecule has 1 aromatic carbocycles. The maximum Gasteiger partial charge on any atom is 0.138 e. The smallest absolute Gasteiger partial charge is 0.138 e. The Bertz CT molecular complexity index is 304. The van der Waals surface area contributed by atoms with Crippen LogP contribution in [0.1, 0.15) is 12.0 Å². The van der Waals surface area contributed by atoms with Gasteiger partial charge >= 0.3 is 0 Å². The highest BCUT2D eigenvalue weighted by atomic mass is 79.9. The fraction of sp³-hybridized carbons (Fsp3) is 0.333. The molecule has 0 fully saturated rings. The molecule has 13 heavy (non-hydrogen) atoms. The van der Waals surface area contributed by atoms with Crippen molar-refractivity contribution >= 4 is 27.5 Å². The number of benzene rings is 1. The van der Waals surface area contributed by atoms with Gasteiger partial charge in [0.15, 0.2) is 0 Å². The van der Waals surface area contributed by atoms with Crippen LogP contribution in [-0.4, -0.2) is 6.54 Å². The summed E-state index contributed by atoms with van der Waals surface area (Å²) in [6.07, 6.45) is 1.64. The number of nitrogens with two attached hydrogens (primary N) is 1. The van der Waals surface area contributed by atoms with Crippen molar-refractivity contribution < 1.29 is 4.39 Å². The summed E-state index contributed by atoms with van der Waals surface area (Å²) in [4.78, 5) is 0. The van der Waals surface area contributed by atoms with Crippen molar-refractivity contribution in [3.05, 3.63) is 33.0 Å². The molecule has 0 aliphatic carbocycles. The Kier molecular flexibility index (Phi) is 4.16. The lowest BCUT2D eigenvalue weighted by atomic mass is 10.1. The second-order valence-corrected chi connectivity index (χ2v) is 4.01. The van der Waals surface area contributed by atoms with E-state index in [9.17, 15) is 4.39 Å². The van der Waals surface area contributed by atoms with E-state index in [-0.39, 0.29) is 5.82 Å². The summed E-state index contributed by atoms with van der Waals surface area (Å²) < 4.78 is 13.4. The number of hydrogen-bond acceptors (Lipinski definition) is 1. The highest BCUT2D eigenvalue weighted by Crippen LogP contribution is 2.25. The lowest BCUT2D eigenvalue weighted by Crippen LogP contribution is -2.01. The van der Waals surface area contributed by atoms with Crippen molar-refractivity contribution in [2.24, 2.45) is 5.73 Å². The van der Waals surface area contributed by atoms with Crippen LogP contribution in [0, 0.1) is 5.82 Å². The van der Waals surface area contributed by atoms with Crippen LogP contribution in [0.3, 0.4) is 0 Å². The van der Waals surface area contributed by atoms with E-state index in [1.54, 1.807) is 6.07 Å². The molecule has 0 aliphatic rings. The SMILES string of the molecule is NCCCc1cc(Br)c(F)cc1Cl. The highest BCUT2D eigenvalue weighted by molar-refractivity contribution is 9.10. The molecule has 0 aromatic heterocycles. The first kappa shape index (κ1) is 11.0. The maximum atomic E-state index is 12.9. The van der Waals surface area contributed by atoms with Crippen molar-refractivity contribution in [1.29, 1.82) is 0 Å². The van der Waals surface area contributed by atoms with Crippen LogP contribution < -0.4 is 5.73 Å². The van der Waals surface area contributed by atoms with E-state index in [1.165, 1.54) is 6.07 Å². The Hall–Kier alpha value is -0.120. The molecule has 1 rings (SSSR count). The van der Waals surface area contributed by atoms with Gasteiger partial charge in [0.25, 0.3) is 0 Å². The van der Waals surface area contributed by atoms with Gasteiger partial charge in [-0.05, 0) is 53.0 Å². The molecule has 0 unspecified atom stereocenters. The molecular formula is C9H10BrClFN. The van der Waals surface area contributed by atoms with Crippen LogP contribution in [0.5, 0.6) is 0 Å². The second kappa shape index (κ2) is 4.94. The Morgan fingerprint density at radius 1 is 1.46 bits per heavy atom. The van der Waals surface area contributed by atoms with Gasteiger partial charge in [-0.15, -0.1) is 0 Å². The van der Waals surface area contributed by atoms with E-state index in [2.05, 4.69) is 15.9 Å². The van der Waals surface area contributed by atoms with Crippen LogP contribution in [0.25, 0.3) is 0 Å². The van der Waals surface area contributed by atoms with Crippen molar-refractivity contribution in [3.63, 3.8) is 0 Å². The average molecular weight is 267 g/mol. The first-order chi connectivity index (χ1) is 6.15. The zero-order valence-electron chi connectivity index (χ0n) is 6.99. The third kappa shape index (κ3) is 2.93. The molecule has 0 heterocycles. The molecule has 0 saturated carbocycles. The maximum absolute atomic E-state index is 12.9. The van der Waals surface area contributed by atoms with E-state index >= 15 is 0 Å². The predicted octanol–water partition coefficient (Wildman–Crippen LogP) is 3.13. The number of aryl methyl sites for hydroxylation is 1. The molecule has 2 N–H and O–H groups in total. The summed E-state index contributed by atoms with van der Waals surface area (Å²) in [7, 11) is 0. The zero-order chi connectivity index (χ0) is 9.84. The standard InChI is InChI=1S/C9H10BrClFN/c10-7-4-6(2-1-3-13)8(11)5-9(7)12/h4-5H,1-3,13H2. The average Bonchev–Trinajstić information content (AvgIpc) is 2.09. The lowest BCUT2D eigenvalue weighted by molar-refractivity contribution is 0.620. The number of halogens is 3. The van der Waals surface area contributed by atoms with Gasteiger partial charge in [-0.3, -0.25) is 0 Å². The van der Waals surface area contributed by atoms with E-state index in [0.717, 1.165) is 18.4 Å². The fourth-order valence-electron chi connectivity index (χ4n) is 1.05. The predicted molar refractivity (Wildman–Crippen MR) is 56.5 cm³/mol. The van der Waals surface area contributed by atoms with Crippen molar-refractivity contribution in [1.82, 2.24) is 0 Å². The van der Waals surface area contributed by atoms with Crippen LogP contribution in [-0.2, 0) is 6.42 Å². The summed E-state index contributed by atoms with van der Waals surface area (Å²) in [5.41, 5.74) is 6.30. The highest BCUT2D eigenvalue weighted by Gasteiger charge is 2.05. The Morgan fingerprint density at radius 3 is 2.77 bits per heavy atom. The van der Waals surface area contributed by atoms with Crippen molar-refractivity contribution in [2.75, 3.05) is 6.54 Å². The molecular weight excluding hydrogens is 256 g/mol. The summed E-state index contributed by atoms with van der Waals surface area (Å²) in [6, 6.07) is 3.02. The number of rotatable bonds is 3. The molecule has 1 aromatic rings. The molecule has 0 radical (unpaired) electrons. The van der Waals surface area contributed by atoms with Gasteiger partial charge in [-0.2, -0.15) is 0 Å². The van der Waals surface area contributed by atoms with Gasteiger partial charge in [-0.1, -0.05) is 11.6 Å². The molecule has 0 atom stereocenters. The fourth-order valence-corrected chi connectivity index (χ4v) is 1.68. The van der Waals surface area contributed by atoms with E-state index in [4.69, 9.17) is 17.3 Å². The first-order valence-electron chi connectivity index (χ1n) is 3.98. The lowest BCUT2D eigenvalue weighted by Gasteiger charge is -2.04. The third-order valence-electron chi connectivity index (χ3n) is 1.74.